The predicted octanol–water partition coefficient (Wildman–Crippen LogP) is 3.15. The molecule has 1 aromatic heterocycles. The van der Waals surface area contributed by atoms with Crippen LogP contribution in [0.1, 0.15) is 19.3 Å². The fraction of sp³-hybridized carbons (Fsp3) is 0.500. The topological polar surface area (TPSA) is 49.2 Å². The molecule has 1 atom stereocenters. The van der Waals surface area contributed by atoms with Crippen molar-refractivity contribution < 1.29 is 9.47 Å². The van der Waals surface area contributed by atoms with E-state index in [-0.39, 0.29) is 0 Å². The van der Waals surface area contributed by atoms with Crippen molar-refractivity contribution in [2.24, 2.45) is 7.05 Å². The summed E-state index contributed by atoms with van der Waals surface area (Å²) in [6.07, 6.45) is 3.95. The Morgan fingerprint density at radius 2 is 2.09 bits per heavy atom. The molecule has 1 aliphatic rings. The zero-order valence-corrected chi connectivity index (χ0v) is 13.8. The van der Waals surface area contributed by atoms with Crippen LogP contribution in [0.25, 0.3) is 11.4 Å². The molecule has 0 amide bonds. The average molecular weight is 319 g/mol. The van der Waals surface area contributed by atoms with Gasteiger partial charge in [0, 0.05) is 25.0 Å². The molecule has 0 N–H and O–H groups in total. The van der Waals surface area contributed by atoms with Crippen molar-refractivity contribution >= 4 is 11.8 Å². The molecule has 118 valence electrons. The van der Waals surface area contributed by atoms with Gasteiger partial charge in [-0.15, -0.1) is 10.2 Å². The summed E-state index contributed by atoms with van der Waals surface area (Å²) in [5, 5.41) is 9.55. The van der Waals surface area contributed by atoms with E-state index in [0.29, 0.717) is 6.10 Å². The van der Waals surface area contributed by atoms with Crippen molar-refractivity contribution in [2.75, 3.05) is 19.5 Å². The Morgan fingerprint density at radius 1 is 1.27 bits per heavy atom. The molecule has 0 spiro atoms. The lowest BCUT2D eigenvalue weighted by Crippen LogP contribution is -2.21. The lowest BCUT2D eigenvalue weighted by Gasteiger charge is -2.21. The first-order valence-electron chi connectivity index (χ1n) is 7.56. The van der Waals surface area contributed by atoms with E-state index < -0.39 is 0 Å². The number of thioether (sulfide) groups is 1. The van der Waals surface area contributed by atoms with Crippen LogP contribution in [0.2, 0.25) is 0 Å². The smallest absolute Gasteiger partial charge is 0.191 e. The highest BCUT2D eigenvalue weighted by molar-refractivity contribution is 7.99. The van der Waals surface area contributed by atoms with Gasteiger partial charge in [0.25, 0.3) is 0 Å². The standard InChI is InChI=1S/C16H21N3O2S/c1-19-15(12-6-8-13(20-2)9-7-12)17-18-16(19)22-11-14-5-3-4-10-21-14/h6-9,14H,3-5,10-11H2,1-2H3. The number of benzene rings is 1. The first-order valence-corrected chi connectivity index (χ1v) is 8.54. The molecule has 22 heavy (non-hydrogen) atoms. The molecule has 3 rings (SSSR count). The maximum absolute atomic E-state index is 5.76. The maximum atomic E-state index is 5.76. The Morgan fingerprint density at radius 3 is 2.77 bits per heavy atom. The Hall–Kier alpha value is -1.53. The van der Waals surface area contributed by atoms with E-state index in [9.17, 15) is 0 Å². The second-order valence-electron chi connectivity index (χ2n) is 5.39. The van der Waals surface area contributed by atoms with Crippen LogP contribution in [0.3, 0.4) is 0 Å². The van der Waals surface area contributed by atoms with Crippen LogP contribution in [-0.4, -0.2) is 40.3 Å². The minimum absolute atomic E-state index is 0.347. The number of aromatic nitrogens is 3. The van der Waals surface area contributed by atoms with Gasteiger partial charge in [0.05, 0.1) is 13.2 Å². The Bertz CT molecular complexity index is 606. The molecule has 2 aromatic rings. The van der Waals surface area contributed by atoms with Crippen LogP contribution in [0, 0.1) is 0 Å². The molecule has 1 saturated heterocycles. The number of hydrogen-bond acceptors (Lipinski definition) is 5. The molecule has 1 aliphatic heterocycles. The monoisotopic (exact) mass is 319 g/mol. The number of rotatable bonds is 5. The van der Waals surface area contributed by atoms with Crippen molar-refractivity contribution in [3.63, 3.8) is 0 Å². The second kappa shape index (κ2) is 7.15. The number of ether oxygens (including phenoxy) is 2. The quantitative estimate of drug-likeness (QED) is 0.792. The second-order valence-corrected chi connectivity index (χ2v) is 6.38. The van der Waals surface area contributed by atoms with Crippen molar-refractivity contribution in [1.82, 2.24) is 14.8 Å². The maximum Gasteiger partial charge on any atom is 0.191 e. The zero-order valence-electron chi connectivity index (χ0n) is 13.0. The highest BCUT2D eigenvalue weighted by atomic mass is 32.2. The van der Waals surface area contributed by atoms with E-state index in [4.69, 9.17) is 9.47 Å². The van der Waals surface area contributed by atoms with Gasteiger partial charge >= 0.3 is 0 Å². The summed E-state index contributed by atoms with van der Waals surface area (Å²) in [5.74, 6) is 2.65. The third kappa shape index (κ3) is 3.44. The van der Waals surface area contributed by atoms with Crippen molar-refractivity contribution in [3.05, 3.63) is 24.3 Å². The summed E-state index contributed by atoms with van der Waals surface area (Å²) < 4.78 is 13.0. The molecule has 1 unspecified atom stereocenters. The van der Waals surface area contributed by atoms with Gasteiger partial charge in [-0.2, -0.15) is 0 Å². The van der Waals surface area contributed by atoms with Gasteiger partial charge < -0.3 is 14.0 Å². The molecular formula is C16H21N3O2S. The fourth-order valence-electron chi connectivity index (χ4n) is 2.54. The Kier molecular flexibility index (Phi) is 5.00. The minimum atomic E-state index is 0.347. The largest absolute Gasteiger partial charge is 0.497 e. The van der Waals surface area contributed by atoms with E-state index in [2.05, 4.69) is 10.2 Å². The number of methoxy groups -OCH3 is 1. The summed E-state index contributed by atoms with van der Waals surface area (Å²) in [6, 6.07) is 7.88. The summed E-state index contributed by atoms with van der Waals surface area (Å²) in [6.45, 7) is 0.890. The first kappa shape index (κ1) is 15.4. The van der Waals surface area contributed by atoms with E-state index in [1.54, 1.807) is 18.9 Å². The summed E-state index contributed by atoms with van der Waals surface area (Å²) in [5.41, 5.74) is 1.04. The molecule has 0 bridgehead atoms. The summed E-state index contributed by atoms with van der Waals surface area (Å²) in [7, 11) is 3.67. The van der Waals surface area contributed by atoms with Gasteiger partial charge in [-0.1, -0.05) is 11.8 Å². The van der Waals surface area contributed by atoms with Crippen LogP contribution >= 0.6 is 11.8 Å². The molecule has 0 radical (unpaired) electrons. The van der Waals surface area contributed by atoms with E-state index in [1.165, 1.54) is 12.8 Å². The normalized spacial score (nSPS) is 18.4. The first-order chi connectivity index (χ1) is 10.8. The lowest BCUT2D eigenvalue weighted by atomic mass is 10.1. The van der Waals surface area contributed by atoms with Crippen molar-refractivity contribution in [3.8, 4) is 17.1 Å². The summed E-state index contributed by atoms with van der Waals surface area (Å²) in [4.78, 5) is 0. The molecule has 0 aliphatic carbocycles. The number of hydrogen-bond donors (Lipinski definition) is 0. The van der Waals surface area contributed by atoms with Crippen molar-refractivity contribution in [1.29, 1.82) is 0 Å². The van der Waals surface area contributed by atoms with E-state index >= 15 is 0 Å². The molecule has 1 aromatic carbocycles. The number of nitrogens with zero attached hydrogens (tertiary/aromatic N) is 3. The van der Waals surface area contributed by atoms with Gasteiger partial charge in [0.2, 0.25) is 0 Å². The van der Waals surface area contributed by atoms with E-state index in [0.717, 1.165) is 41.1 Å². The average Bonchev–Trinajstić information content (AvgIpc) is 2.95. The fourth-order valence-corrected chi connectivity index (χ4v) is 3.51. The summed E-state index contributed by atoms with van der Waals surface area (Å²) >= 11 is 1.72. The molecule has 1 fully saturated rings. The van der Waals surface area contributed by atoms with Gasteiger partial charge in [0.1, 0.15) is 5.75 Å². The van der Waals surface area contributed by atoms with Crippen LogP contribution < -0.4 is 4.74 Å². The van der Waals surface area contributed by atoms with Crippen LogP contribution in [0.4, 0.5) is 0 Å². The highest BCUT2D eigenvalue weighted by Crippen LogP contribution is 2.26. The van der Waals surface area contributed by atoms with Crippen molar-refractivity contribution in [2.45, 2.75) is 30.5 Å². The van der Waals surface area contributed by atoms with Gasteiger partial charge in [-0.3, -0.25) is 0 Å². The third-order valence-electron chi connectivity index (χ3n) is 3.86. The Labute approximate surface area is 135 Å². The van der Waals surface area contributed by atoms with Gasteiger partial charge in [0.15, 0.2) is 11.0 Å². The molecule has 2 heterocycles. The zero-order chi connectivity index (χ0) is 15.4. The minimum Gasteiger partial charge on any atom is -0.497 e. The van der Waals surface area contributed by atoms with Crippen LogP contribution in [0.15, 0.2) is 29.4 Å². The van der Waals surface area contributed by atoms with Gasteiger partial charge in [-0.05, 0) is 43.5 Å². The lowest BCUT2D eigenvalue weighted by molar-refractivity contribution is 0.0315. The van der Waals surface area contributed by atoms with E-state index in [1.807, 2.05) is 35.9 Å². The molecule has 0 saturated carbocycles. The van der Waals surface area contributed by atoms with Crippen LogP contribution in [-0.2, 0) is 11.8 Å². The SMILES string of the molecule is COc1ccc(-c2nnc(SCC3CCCCO3)n2C)cc1. The molecule has 6 heteroatoms. The predicted molar refractivity (Wildman–Crippen MR) is 87.3 cm³/mol. The highest BCUT2D eigenvalue weighted by Gasteiger charge is 2.17. The van der Waals surface area contributed by atoms with Crippen LogP contribution in [0.5, 0.6) is 5.75 Å². The van der Waals surface area contributed by atoms with Gasteiger partial charge in [-0.25, -0.2) is 0 Å². The molecule has 5 nitrogen and oxygen atoms in total. The third-order valence-corrected chi connectivity index (χ3v) is 5.01. The molecular weight excluding hydrogens is 298 g/mol. The Balaban J connectivity index is 1.68.